The van der Waals surface area contributed by atoms with E-state index in [9.17, 15) is 4.79 Å². The number of anilines is 1. The molecule has 80 valence electrons. The molecule has 0 aliphatic carbocycles. The molecule has 0 bridgehead atoms. The van der Waals surface area contributed by atoms with E-state index in [-0.39, 0.29) is 11.9 Å². The van der Waals surface area contributed by atoms with Crippen molar-refractivity contribution in [3.63, 3.8) is 0 Å². The van der Waals surface area contributed by atoms with Gasteiger partial charge in [0.1, 0.15) is 4.60 Å². The standard InChI is InChI=1S/C10H12BrN3O/c11-9-7(3-1-6-13-9)14-10(15)8-4-2-5-12-8/h1,3,6,8,12H,2,4-5H2,(H,14,15). The van der Waals surface area contributed by atoms with Gasteiger partial charge in [0.15, 0.2) is 0 Å². The molecule has 15 heavy (non-hydrogen) atoms. The van der Waals surface area contributed by atoms with Crippen molar-refractivity contribution in [2.75, 3.05) is 11.9 Å². The lowest BCUT2D eigenvalue weighted by Gasteiger charge is -2.11. The molecule has 1 atom stereocenters. The summed E-state index contributed by atoms with van der Waals surface area (Å²) in [5.74, 6) is 0.0150. The average Bonchev–Trinajstić information content (AvgIpc) is 2.74. The summed E-state index contributed by atoms with van der Waals surface area (Å²) < 4.78 is 0.663. The van der Waals surface area contributed by atoms with Gasteiger partial charge in [-0.15, -0.1) is 0 Å². The number of hydrogen-bond donors (Lipinski definition) is 2. The zero-order chi connectivity index (χ0) is 10.7. The molecule has 1 saturated heterocycles. The van der Waals surface area contributed by atoms with Crippen molar-refractivity contribution in [3.05, 3.63) is 22.9 Å². The summed E-state index contributed by atoms with van der Waals surface area (Å²) in [4.78, 5) is 15.8. The maximum absolute atomic E-state index is 11.7. The summed E-state index contributed by atoms with van der Waals surface area (Å²) in [6.45, 7) is 0.923. The van der Waals surface area contributed by atoms with Gasteiger partial charge in [-0.3, -0.25) is 4.79 Å². The summed E-state index contributed by atoms with van der Waals surface area (Å²) in [5, 5.41) is 5.99. The maximum Gasteiger partial charge on any atom is 0.241 e. The highest BCUT2D eigenvalue weighted by atomic mass is 79.9. The number of carbonyl (C=O) groups excluding carboxylic acids is 1. The molecule has 1 aromatic rings. The highest BCUT2D eigenvalue weighted by Gasteiger charge is 2.22. The quantitative estimate of drug-likeness (QED) is 0.801. The minimum Gasteiger partial charge on any atom is -0.322 e. The summed E-state index contributed by atoms with van der Waals surface area (Å²) in [6, 6.07) is 3.56. The van der Waals surface area contributed by atoms with Gasteiger partial charge in [0.05, 0.1) is 11.7 Å². The first kappa shape index (κ1) is 10.6. The van der Waals surface area contributed by atoms with Crippen LogP contribution in [0.4, 0.5) is 5.69 Å². The normalized spacial score (nSPS) is 20.2. The molecule has 2 rings (SSSR count). The third-order valence-electron chi connectivity index (χ3n) is 2.39. The van der Waals surface area contributed by atoms with Gasteiger partial charge < -0.3 is 10.6 Å². The molecule has 4 nitrogen and oxygen atoms in total. The number of hydrogen-bond acceptors (Lipinski definition) is 3. The van der Waals surface area contributed by atoms with Crippen LogP contribution >= 0.6 is 15.9 Å². The number of nitrogens with zero attached hydrogens (tertiary/aromatic N) is 1. The lowest BCUT2D eigenvalue weighted by molar-refractivity contribution is -0.117. The van der Waals surface area contributed by atoms with Crippen molar-refractivity contribution < 1.29 is 4.79 Å². The van der Waals surface area contributed by atoms with E-state index in [0.717, 1.165) is 25.1 Å². The molecule has 0 saturated carbocycles. The summed E-state index contributed by atoms with van der Waals surface area (Å²) in [5.41, 5.74) is 0.719. The largest absolute Gasteiger partial charge is 0.322 e. The Labute approximate surface area is 96.6 Å². The second-order valence-electron chi connectivity index (χ2n) is 3.48. The molecule has 5 heteroatoms. The molecular formula is C10H12BrN3O. The Kier molecular flexibility index (Phi) is 3.33. The number of nitrogens with one attached hydrogen (secondary N) is 2. The lowest BCUT2D eigenvalue weighted by atomic mass is 10.2. The molecule has 0 spiro atoms. The van der Waals surface area contributed by atoms with Crippen molar-refractivity contribution >= 4 is 27.5 Å². The minimum atomic E-state index is -0.0582. The molecule has 1 aliphatic heterocycles. The molecule has 1 aliphatic rings. The number of aromatic nitrogens is 1. The van der Waals surface area contributed by atoms with E-state index >= 15 is 0 Å². The third-order valence-corrected chi connectivity index (χ3v) is 3.03. The average molecular weight is 270 g/mol. The van der Waals surface area contributed by atoms with Crippen molar-refractivity contribution in [2.45, 2.75) is 18.9 Å². The van der Waals surface area contributed by atoms with Crippen LogP contribution in [0.1, 0.15) is 12.8 Å². The SMILES string of the molecule is O=C(Nc1cccnc1Br)C1CCCN1. The Morgan fingerprint density at radius 2 is 2.53 bits per heavy atom. The Bertz CT molecular complexity index is 363. The van der Waals surface area contributed by atoms with Crippen molar-refractivity contribution in [1.29, 1.82) is 0 Å². The third kappa shape index (κ3) is 2.54. The van der Waals surface area contributed by atoms with Crippen LogP contribution in [0.15, 0.2) is 22.9 Å². The van der Waals surface area contributed by atoms with Crippen LogP contribution in [-0.4, -0.2) is 23.5 Å². The second-order valence-corrected chi connectivity index (χ2v) is 4.23. The van der Waals surface area contributed by atoms with Crippen LogP contribution in [0.5, 0.6) is 0 Å². The Morgan fingerprint density at radius 1 is 1.67 bits per heavy atom. The predicted molar refractivity (Wildman–Crippen MR) is 61.6 cm³/mol. The highest BCUT2D eigenvalue weighted by molar-refractivity contribution is 9.10. The predicted octanol–water partition coefficient (Wildman–Crippen LogP) is 1.53. The van der Waals surface area contributed by atoms with Crippen LogP contribution in [-0.2, 0) is 4.79 Å². The monoisotopic (exact) mass is 269 g/mol. The van der Waals surface area contributed by atoms with Gasteiger partial charge in [0, 0.05) is 6.20 Å². The van der Waals surface area contributed by atoms with Crippen LogP contribution in [0, 0.1) is 0 Å². The minimum absolute atomic E-state index is 0.0150. The van der Waals surface area contributed by atoms with E-state index in [1.54, 1.807) is 12.3 Å². The maximum atomic E-state index is 11.7. The van der Waals surface area contributed by atoms with Gasteiger partial charge in [-0.05, 0) is 47.4 Å². The van der Waals surface area contributed by atoms with Crippen LogP contribution in [0.25, 0.3) is 0 Å². The molecule has 1 fully saturated rings. The fourth-order valence-electron chi connectivity index (χ4n) is 1.61. The van der Waals surface area contributed by atoms with Gasteiger partial charge in [-0.1, -0.05) is 0 Å². The van der Waals surface area contributed by atoms with Gasteiger partial charge in [0.25, 0.3) is 0 Å². The highest BCUT2D eigenvalue weighted by Crippen LogP contribution is 2.19. The summed E-state index contributed by atoms with van der Waals surface area (Å²) in [7, 11) is 0. The number of carbonyl (C=O) groups is 1. The van der Waals surface area contributed by atoms with E-state index in [4.69, 9.17) is 0 Å². The number of rotatable bonds is 2. The van der Waals surface area contributed by atoms with Crippen LogP contribution in [0.3, 0.4) is 0 Å². The van der Waals surface area contributed by atoms with Gasteiger partial charge >= 0.3 is 0 Å². The fraction of sp³-hybridized carbons (Fsp3) is 0.400. The first-order valence-corrected chi connectivity index (χ1v) is 5.71. The van der Waals surface area contributed by atoms with E-state index in [1.807, 2.05) is 6.07 Å². The molecule has 1 unspecified atom stereocenters. The second kappa shape index (κ2) is 4.72. The Hall–Kier alpha value is -0.940. The zero-order valence-corrected chi connectivity index (χ0v) is 9.75. The number of halogens is 1. The van der Waals surface area contributed by atoms with Crippen molar-refractivity contribution in [2.24, 2.45) is 0 Å². The molecular weight excluding hydrogens is 258 g/mol. The van der Waals surface area contributed by atoms with E-state index < -0.39 is 0 Å². The molecule has 0 radical (unpaired) electrons. The van der Waals surface area contributed by atoms with Gasteiger partial charge in [0.2, 0.25) is 5.91 Å². The first-order chi connectivity index (χ1) is 7.27. The van der Waals surface area contributed by atoms with Gasteiger partial charge in [-0.2, -0.15) is 0 Å². The van der Waals surface area contributed by atoms with E-state index in [0.29, 0.717) is 4.60 Å². The Morgan fingerprint density at radius 3 is 3.20 bits per heavy atom. The van der Waals surface area contributed by atoms with E-state index in [2.05, 4.69) is 31.5 Å². The molecule has 2 N–H and O–H groups in total. The molecule has 2 heterocycles. The first-order valence-electron chi connectivity index (χ1n) is 4.92. The number of pyridine rings is 1. The molecule has 1 aromatic heterocycles. The Balaban J connectivity index is 2.02. The smallest absolute Gasteiger partial charge is 0.241 e. The summed E-state index contributed by atoms with van der Waals surface area (Å²) >= 11 is 3.29. The number of amides is 1. The van der Waals surface area contributed by atoms with Gasteiger partial charge in [-0.25, -0.2) is 4.98 Å². The zero-order valence-electron chi connectivity index (χ0n) is 8.16. The lowest BCUT2D eigenvalue weighted by Crippen LogP contribution is -2.35. The van der Waals surface area contributed by atoms with Crippen LogP contribution in [0.2, 0.25) is 0 Å². The summed E-state index contributed by atoms with van der Waals surface area (Å²) in [6.07, 6.45) is 3.64. The van der Waals surface area contributed by atoms with Crippen LogP contribution < -0.4 is 10.6 Å². The van der Waals surface area contributed by atoms with E-state index in [1.165, 1.54) is 0 Å². The van der Waals surface area contributed by atoms with Crippen molar-refractivity contribution in [1.82, 2.24) is 10.3 Å². The molecule has 1 amide bonds. The topological polar surface area (TPSA) is 54.0 Å². The fourth-order valence-corrected chi connectivity index (χ4v) is 1.96. The molecule has 0 aromatic carbocycles. The van der Waals surface area contributed by atoms with Crippen molar-refractivity contribution in [3.8, 4) is 0 Å².